The van der Waals surface area contributed by atoms with Crippen LogP contribution in [0.15, 0.2) is 83.9 Å². The molecule has 0 atom stereocenters. The third-order valence-corrected chi connectivity index (χ3v) is 3.98. The van der Waals surface area contributed by atoms with Crippen molar-refractivity contribution in [1.29, 1.82) is 0 Å². The van der Waals surface area contributed by atoms with Crippen LogP contribution in [0.2, 0.25) is 0 Å². The predicted molar refractivity (Wildman–Crippen MR) is 110 cm³/mol. The van der Waals surface area contributed by atoms with E-state index in [1.807, 2.05) is 89.8 Å². The van der Waals surface area contributed by atoms with Crippen molar-refractivity contribution in [3.05, 3.63) is 101 Å². The second kappa shape index (κ2) is 9.30. The molecule has 1 aliphatic rings. The first-order valence-corrected chi connectivity index (χ1v) is 8.90. The van der Waals surface area contributed by atoms with Gasteiger partial charge in [-0.1, -0.05) is 54.6 Å². The van der Waals surface area contributed by atoms with E-state index >= 15 is 0 Å². The van der Waals surface area contributed by atoms with E-state index in [0.29, 0.717) is 19.1 Å². The Bertz CT molecular complexity index is 925. The Morgan fingerprint density at radius 1 is 0.923 bits per heavy atom. The minimum Gasteiger partial charge on any atom is -0.473 e. The van der Waals surface area contributed by atoms with E-state index in [2.05, 4.69) is 4.98 Å². The van der Waals surface area contributed by atoms with Gasteiger partial charge in [0.1, 0.15) is 29.6 Å². The SMILES string of the molecule is O=c1nc(OCc2ccc(COI)cc2)ccn1C1=C/C=C\C=C/C=C\1. The smallest absolute Gasteiger partial charge is 0.355 e. The normalized spacial score (nSPS) is 18.9. The number of benzene rings is 1. The number of ether oxygens (including phenoxy) is 1. The maximum Gasteiger partial charge on any atom is 0.355 e. The molecule has 0 radical (unpaired) electrons. The van der Waals surface area contributed by atoms with Crippen molar-refractivity contribution in [2.45, 2.75) is 13.2 Å². The summed E-state index contributed by atoms with van der Waals surface area (Å²) in [6, 6.07) is 9.59. The standard InChI is InChI=1S/C20H17IN2O3/c21-26-15-17-10-8-16(9-11-17)14-25-19-12-13-23(20(24)22-19)18-6-4-2-1-3-5-7-18/h1-13H,14-15H2/b2-1-,3-1?,4-2?,5-3-,6-4-,7-5?,18-6?,18-7+. The summed E-state index contributed by atoms with van der Waals surface area (Å²) >= 11 is 1.87. The molecule has 1 aromatic carbocycles. The maximum atomic E-state index is 12.3. The summed E-state index contributed by atoms with van der Waals surface area (Å²) in [7, 11) is 0. The average Bonchev–Trinajstić information content (AvgIpc) is 2.62. The number of halogens is 1. The van der Waals surface area contributed by atoms with E-state index in [-0.39, 0.29) is 5.69 Å². The van der Waals surface area contributed by atoms with Crippen LogP contribution in [0.3, 0.4) is 0 Å². The van der Waals surface area contributed by atoms with Crippen LogP contribution in [-0.4, -0.2) is 9.55 Å². The first-order chi connectivity index (χ1) is 12.8. The summed E-state index contributed by atoms with van der Waals surface area (Å²) in [5.41, 5.74) is 2.44. The van der Waals surface area contributed by atoms with Crippen LogP contribution in [0, 0.1) is 0 Å². The number of aromatic nitrogens is 2. The van der Waals surface area contributed by atoms with Crippen molar-refractivity contribution >= 4 is 28.7 Å². The average molecular weight is 460 g/mol. The summed E-state index contributed by atoms with van der Waals surface area (Å²) < 4.78 is 12.2. The van der Waals surface area contributed by atoms with E-state index in [1.165, 1.54) is 4.57 Å². The lowest BCUT2D eigenvalue weighted by molar-refractivity contribution is 0.291. The van der Waals surface area contributed by atoms with Gasteiger partial charge in [0, 0.05) is 12.3 Å². The fourth-order valence-corrected chi connectivity index (χ4v) is 2.69. The lowest BCUT2D eigenvalue weighted by atomic mass is 10.1. The fraction of sp³-hybridized carbons (Fsp3) is 0.100. The zero-order chi connectivity index (χ0) is 18.2. The molecule has 1 aromatic heterocycles. The van der Waals surface area contributed by atoms with Crippen LogP contribution in [0.25, 0.3) is 5.70 Å². The number of nitrogens with zero attached hydrogens (tertiary/aromatic N) is 2. The first-order valence-electron chi connectivity index (χ1n) is 8.02. The Kier molecular flexibility index (Phi) is 6.56. The highest BCUT2D eigenvalue weighted by Gasteiger charge is 2.05. The van der Waals surface area contributed by atoms with Crippen LogP contribution >= 0.6 is 23.0 Å². The van der Waals surface area contributed by atoms with Crippen molar-refractivity contribution in [2.75, 3.05) is 0 Å². The topological polar surface area (TPSA) is 53.4 Å². The molecule has 6 heteroatoms. The Balaban J connectivity index is 1.68. The lowest BCUT2D eigenvalue weighted by Crippen LogP contribution is -2.21. The van der Waals surface area contributed by atoms with E-state index in [4.69, 9.17) is 7.80 Å². The maximum absolute atomic E-state index is 12.3. The molecule has 2 aromatic rings. The van der Waals surface area contributed by atoms with Gasteiger partial charge in [0.2, 0.25) is 5.88 Å². The molecule has 0 spiro atoms. The van der Waals surface area contributed by atoms with Crippen LogP contribution in [0.5, 0.6) is 5.88 Å². The van der Waals surface area contributed by atoms with Crippen LogP contribution in [-0.2, 0) is 16.3 Å². The highest BCUT2D eigenvalue weighted by molar-refractivity contribution is 14.1. The quantitative estimate of drug-likeness (QED) is 0.607. The molecule has 26 heavy (non-hydrogen) atoms. The van der Waals surface area contributed by atoms with Crippen molar-refractivity contribution in [1.82, 2.24) is 9.55 Å². The van der Waals surface area contributed by atoms with Gasteiger partial charge in [-0.3, -0.25) is 4.57 Å². The number of hydrogen-bond acceptors (Lipinski definition) is 4. The molecule has 1 heterocycles. The van der Waals surface area contributed by atoms with Gasteiger partial charge in [-0.15, -0.1) is 0 Å². The van der Waals surface area contributed by atoms with Crippen LogP contribution in [0.1, 0.15) is 11.1 Å². The number of allylic oxidation sites excluding steroid dienone is 8. The Hall–Kier alpha value is -2.45. The monoisotopic (exact) mass is 460 g/mol. The zero-order valence-corrected chi connectivity index (χ0v) is 16.1. The van der Waals surface area contributed by atoms with Crippen LogP contribution < -0.4 is 10.4 Å². The molecule has 0 saturated heterocycles. The molecular weight excluding hydrogens is 443 g/mol. The zero-order valence-electron chi connectivity index (χ0n) is 13.9. The van der Waals surface area contributed by atoms with E-state index in [9.17, 15) is 4.79 Å². The molecule has 5 nitrogen and oxygen atoms in total. The van der Waals surface area contributed by atoms with Gasteiger partial charge in [-0.05, 0) is 23.3 Å². The largest absolute Gasteiger partial charge is 0.473 e. The third kappa shape index (κ3) is 5.03. The molecule has 0 fully saturated rings. The van der Waals surface area contributed by atoms with Crippen molar-refractivity contribution in [2.24, 2.45) is 0 Å². The minimum atomic E-state index is -0.383. The highest BCUT2D eigenvalue weighted by Crippen LogP contribution is 2.12. The summed E-state index contributed by atoms with van der Waals surface area (Å²) in [5.74, 6) is 0.303. The summed E-state index contributed by atoms with van der Waals surface area (Å²) in [6.45, 7) is 0.911. The Morgan fingerprint density at radius 3 is 2.35 bits per heavy atom. The van der Waals surface area contributed by atoms with Gasteiger partial charge in [0.05, 0.1) is 12.3 Å². The molecule has 0 aliphatic heterocycles. The first kappa shape index (κ1) is 18.3. The Labute approximate surface area is 165 Å². The van der Waals surface area contributed by atoms with Gasteiger partial charge in [0.15, 0.2) is 0 Å². The third-order valence-electron chi connectivity index (χ3n) is 3.67. The van der Waals surface area contributed by atoms with Gasteiger partial charge < -0.3 is 7.80 Å². The molecule has 0 bridgehead atoms. The van der Waals surface area contributed by atoms with E-state index in [1.54, 1.807) is 12.3 Å². The summed E-state index contributed by atoms with van der Waals surface area (Å²) in [4.78, 5) is 16.3. The number of rotatable bonds is 6. The van der Waals surface area contributed by atoms with E-state index < -0.39 is 0 Å². The minimum absolute atomic E-state index is 0.303. The molecule has 3 rings (SSSR count). The molecular formula is C20H17IN2O3. The van der Waals surface area contributed by atoms with Gasteiger partial charge >= 0.3 is 5.69 Å². The van der Waals surface area contributed by atoms with Crippen molar-refractivity contribution in [3.63, 3.8) is 0 Å². The summed E-state index contributed by atoms with van der Waals surface area (Å²) in [6.07, 6.45) is 14.8. The van der Waals surface area contributed by atoms with Gasteiger partial charge in [0.25, 0.3) is 0 Å². The lowest BCUT2D eigenvalue weighted by Gasteiger charge is -2.09. The molecule has 0 saturated carbocycles. The highest BCUT2D eigenvalue weighted by atomic mass is 127. The predicted octanol–water partition coefficient (Wildman–Crippen LogP) is 4.21. The van der Waals surface area contributed by atoms with Crippen LogP contribution in [0.4, 0.5) is 0 Å². The van der Waals surface area contributed by atoms with Crippen molar-refractivity contribution < 1.29 is 7.80 Å². The molecule has 0 N–H and O–H groups in total. The van der Waals surface area contributed by atoms with Gasteiger partial charge in [-0.2, -0.15) is 4.98 Å². The van der Waals surface area contributed by atoms with E-state index in [0.717, 1.165) is 16.8 Å². The molecule has 0 amide bonds. The van der Waals surface area contributed by atoms with Crippen molar-refractivity contribution in [3.8, 4) is 5.88 Å². The molecule has 0 unspecified atom stereocenters. The second-order valence-corrected chi connectivity index (χ2v) is 6.12. The Morgan fingerprint density at radius 2 is 1.62 bits per heavy atom. The molecule has 132 valence electrons. The molecule has 1 aliphatic carbocycles. The van der Waals surface area contributed by atoms with Gasteiger partial charge in [-0.25, -0.2) is 4.79 Å². The second-order valence-electron chi connectivity index (χ2n) is 5.50. The summed E-state index contributed by atoms with van der Waals surface area (Å²) in [5, 5.41) is 0. The fourth-order valence-electron chi connectivity index (χ4n) is 2.33. The number of hydrogen-bond donors (Lipinski definition) is 0.